The zero-order valence-electron chi connectivity index (χ0n) is 9.13. The van der Waals surface area contributed by atoms with E-state index in [1.54, 1.807) is 0 Å². The summed E-state index contributed by atoms with van der Waals surface area (Å²) in [6, 6.07) is 0. The number of fused-ring (bicyclic) bond motifs is 2. The van der Waals surface area contributed by atoms with Crippen molar-refractivity contribution in [1.29, 1.82) is 0 Å². The molecular formula is C13H18O2. The second-order valence-corrected chi connectivity index (χ2v) is 5.98. The number of hydrogen-bond donors (Lipinski definition) is 0. The Hall–Kier alpha value is -0.370. The van der Waals surface area contributed by atoms with E-state index < -0.39 is 0 Å². The lowest BCUT2D eigenvalue weighted by Gasteiger charge is -2.41. The molecule has 0 spiro atoms. The molecule has 0 amide bonds. The number of hydrogen-bond acceptors (Lipinski definition) is 2. The summed E-state index contributed by atoms with van der Waals surface area (Å²) in [7, 11) is 0. The van der Waals surface area contributed by atoms with Crippen molar-refractivity contribution in [3.05, 3.63) is 0 Å². The first-order valence-electron chi connectivity index (χ1n) is 6.51. The molecule has 2 bridgehead atoms. The lowest BCUT2D eigenvalue weighted by atomic mass is 9.57. The van der Waals surface area contributed by atoms with Crippen molar-refractivity contribution in [3.63, 3.8) is 0 Å². The second-order valence-electron chi connectivity index (χ2n) is 5.98. The molecule has 0 aromatic rings. The van der Waals surface area contributed by atoms with Gasteiger partial charge in [0.15, 0.2) is 0 Å². The average molecular weight is 206 g/mol. The van der Waals surface area contributed by atoms with Gasteiger partial charge in [-0.05, 0) is 32.1 Å². The highest BCUT2D eigenvalue weighted by Gasteiger charge is 2.77. The van der Waals surface area contributed by atoms with Gasteiger partial charge >= 0.3 is 0 Å². The van der Waals surface area contributed by atoms with Crippen LogP contribution in [-0.2, 0) is 9.53 Å². The summed E-state index contributed by atoms with van der Waals surface area (Å²) in [5.41, 5.74) is 0.216. The summed E-state index contributed by atoms with van der Waals surface area (Å²) in [6.45, 7) is 0. The molecule has 1 aliphatic heterocycles. The first-order valence-corrected chi connectivity index (χ1v) is 6.51. The first kappa shape index (κ1) is 8.74. The summed E-state index contributed by atoms with van der Waals surface area (Å²) in [5, 5.41) is 0. The van der Waals surface area contributed by atoms with E-state index in [2.05, 4.69) is 0 Å². The number of ketones is 1. The highest BCUT2D eigenvalue weighted by atomic mass is 16.6. The maximum atomic E-state index is 12.2. The number of epoxide rings is 1. The molecule has 4 rings (SSSR count). The van der Waals surface area contributed by atoms with Gasteiger partial charge in [0.25, 0.3) is 0 Å². The summed E-state index contributed by atoms with van der Waals surface area (Å²) in [5.74, 6) is 1.19. The molecular weight excluding hydrogens is 188 g/mol. The van der Waals surface area contributed by atoms with E-state index in [9.17, 15) is 4.79 Å². The van der Waals surface area contributed by atoms with Gasteiger partial charge in [-0.3, -0.25) is 4.79 Å². The van der Waals surface area contributed by atoms with Crippen molar-refractivity contribution in [2.75, 3.05) is 0 Å². The third-order valence-corrected chi connectivity index (χ3v) is 5.42. The Balaban J connectivity index is 1.77. The van der Waals surface area contributed by atoms with E-state index in [4.69, 9.17) is 4.74 Å². The molecule has 4 atom stereocenters. The molecule has 3 aliphatic carbocycles. The van der Waals surface area contributed by atoms with Crippen LogP contribution in [-0.4, -0.2) is 17.0 Å². The van der Waals surface area contributed by atoms with Crippen molar-refractivity contribution in [1.82, 2.24) is 0 Å². The Labute approximate surface area is 90.4 Å². The van der Waals surface area contributed by atoms with Crippen LogP contribution in [0.2, 0.25) is 0 Å². The number of ether oxygens (including phenoxy) is 1. The third kappa shape index (κ3) is 0.848. The van der Waals surface area contributed by atoms with E-state index in [0.717, 1.165) is 25.7 Å². The summed E-state index contributed by atoms with van der Waals surface area (Å²) in [4.78, 5) is 12.2. The SMILES string of the molecule is O=C1C2CCC[C@@H]1[C@]13CCCC[C@@]1(C2)O3. The minimum absolute atomic E-state index is 0.0409. The molecule has 1 saturated heterocycles. The Morgan fingerprint density at radius 1 is 1.13 bits per heavy atom. The highest BCUT2D eigenvalue weighted by Crippen LogP contribution is 2.69. The lowest BCUT2D eigenvalue weighted by molar-refractivity contribution is -0.134. The standard InChI is InChI=1S/C13H18O2/c14-11-9-4-3-5-10(11)13-7-2-1-6-12(13,8-9)15-13/h9-10H,1-8H2/t9?,10-,12-,13+/m0/s1. The van der Waals surface area contributed by atoms with Crippen molar-refractivity contribution in [2.45, 2.75) is 62.6 Å². The van der Waals surface area contributed by atoms with Crippen LogP contribution < -0.4 is 0 Å². The van der Waals surface area contributed by atoms with Gasteiger partial charge in [0.05, 0.1) is 5.60 Å². The Morgan fingerprint density at radius 3 is 2.93 bits per heavy atom. The molecule has 4 aliphatic rings. The number of Topliss-reactive ketones (excluding diaryl/α,β-unsaturated/α-hetero) is 1. The van der Waals surface area contributed by atoms with Crippen LogP contribution in [0.1, 0.15) is 51.4 Å². The Bertz CT molecular complexity index is 337. The third-order valence-electron chi connectivity index (χ3n) is 5.42. The average Bonchev–Trinajstić information content (AvgIpc) is 2.88. The maximum Gasteiger partial charge on any atom is 0.142 e. The number of rotatable bonds is 0. The zero-order chi connectivity index (χ0) is 10.1. The predicted octanol–water partition coefficient (Wildman–Crippen LogP) is 2.46. The quantitative estimate of drug-likeness (QED) is 0.570. The highest BCUT2D eigenvalue weighted by molar-refractivity contribution is 5.88. The largest absolute Gasteiger partial charge is 0.362 e. The van der Waals surface area contributed by atoms with E-state index in [0.29, 0.717) is 11.7 Å². The molecule has 1 heterocycles. The van der Waals surface area contributed by atoms with Gasteiger partial charge in [-0.2, -0.15) is 0 Å². The first-order chi connectivity index (χ1) is 7.28. The Kier molecular flexibility index (Phi) is 1.44. The van der Waals surface area contributed by atoms with Gasteiger partial charge in [-0.15, -0.1) is 0 Å². The van der Waals surface area contributed by atoms with E-state index in [1.165, 1.54) is 25.7 Å². The molecule has 82 valence electrons. The minimum Gasteiger partial charge on any atom is -0.362 e. The van der Waals surface area contributed by atoms with Crippen LogP contribution in [0.15, 0.2) is 0 Å². The molecule has 4 fully saturated rings. The van der Waals surface area contributed by atoms with Gasteiger partial charge < -0.3 is 4.74 Å². The molecule has 2 nitrogen and oxygen atoms in total. The van der Waals surface area contributed by atoms with Crippen LogP contribution in [0.5, 0.6) is 0 Å². The topological polar surface area (TPSA) is 29.6 Å². The zero-order valence-corrected chi connectivity index (χ0v) is 9.13. The maximum absolute atomic E-state index is 12.2. The van der Waals surface area contributed by atoms with Crippen molar-refractivity contribution < 1.29 is 9.53 Å². The summed E-state index contributed by atoms with van der Waals surface area (Å²) < 4.78 is 6.18. The number of carbonyl (C=O) groups excluding carboxylic acids is 1. The molecule has 2 heteroatoms. The van der Waals surface area contributed by atoms with E-state index in [-0.39, 0.29) is 17.1 Å². The van der Waals surface area contributed by atoms with E-state index in [1.807, 2.05) is 0 Å². The van der Waals surface area contributed by atoms with Crippen LogP contribution in [0.3, 0.4) is 0 Å². The van der Waals surface area contributed by atoms with Gasteiger partial charge in [-0.25, -0.2) is 0 Å². The molecule has 1 unspecified atom stereocenters. The van der Waals surface area contributed by atoms with Crippen LogP contribution >= 0.6 is 0 Å². The molecule has 0 aromatic carbocycles. The van der Waals surface area contributed by atoms with Gasteiger partial charge in [0.1, 0.15) is 11.4 Å². The summed E-state index contributed by atoms with van der Waals surface area (Å²) in [6.07, 6.45) is 9.53. The fourth-order valence-corrected chi connectivity index (χ4v) is 4.74. The fraction of sp³-hybridized carbons (Fsp3) is 0.923. The predicted molar refractivity (Wildman–Crippen MR) is 55.5 cm³/mol. The lowest BCUT2D eigenvalue weighted by Crippen LogP contribution is -2.50. The monoisotopic (exact) mass is 206 g/mol. The molecule has 15 heavy (non-hydrogen) atoms. The Morgan fingerprint density at radius 2 is 2.00 bits per heavy atom. The van der Waals surface area contributed by atoms with Crippen molar-refractivity contribution in [3.8, 4) is 0 Å². The minimum atomic E-state index is 0.0409. The fourth-order valence-electron chi connectivity index (χ4n) is 4.74. The van der Waals surface area contributed by atoms with Crippen molar-refractivity contribution in [2.24, 2.45) is 11.8 Å². The van der Waals surface area contributed by atoms with Gasteiger partial charge in [0.2, 0.25) is 0 Å². The summed E-state index contributed by atoms with van der Waals surface area (Å²) >= 11 is 0. The second kappa shape index (κ2) is 2.48. The van der Waals surface area contributed by atoms with Crippen LogP contribution in [0.25, 0.3) is 0 Å². The normalized spacial score (nSPS) is 56.9. The van der Waals surface area contributed by atoms with Crippen LogP contribution in [0, 0.1) is 11.8 Å². The van der Waals surface area contributed by atoms with Gasteiger partial charge in [0, 0.05) is 11.8 Å². The molecule has 0 radical (unpaired) electrons. The molecule has 0 aromatic heterocycles. The smallest absolute Gasteiger partial charge is 0.142 e. The molecule has 3 saturated carbocycles. The van der Waals surface area contributed by atoms with Crippen LogP contribution in [0.4, 0.5) is 0 Å². The van der Waals surface area contributed by atoms with Crippen molar-refractivity contribution >= 4 is 5.78 Å². The van der Waals surface area contributed by atoms with E-state index >= 15 is 0 Å². The van der Waals surface area contributed by atoms with Gasteiger partial charge in [-0.1, -0.05) is 19.3 Å². The number of carbonyl (C=O) groups is 1. The molecule has 0 N–H and O–H groups in total.